The summed E-state index contributed by atoms with van der Waals surface area (Å²) in [6, 6.07) is 10.4. The van der Waals surface area contributed by atoms with Crippen LogP contribution in [0.3, 0.4) is 0 Å². The summed E-state index contributed by atoms with van der Waals surface area (Å²) < 4.78 is 7.31. The second-order valence-corrected chi connectivity index (χ2v) is 6.37. The molecule has 0 radical (unpaired) electrons. The summed E-state index contributed by atoms with van der Waals surface area (Å²) in [5.41, 5.74) is 3.22. The number of amides is 1. The summed E-state index contributed by atoms with van der Waals surface area (Å²) in [5, 5.41) is 7.39. The van der Waals surface area contributed by atoms with E-state index in [9.17, 15) is 4.79 Å². The molecule has 2 heterocycles. The maximum atomic E-state index is 12.5. The highest BCUT2D eigenvalue weighted by molar-refractivity contribution is 6.02. The van der Waals surface area contributed by atoms with E-state index in [4.69, 9.17) is 4.42 Å². The molecule has 0 bridgehead atoms. The lowest BCUT2D eigenvalue weighted by molar-refractivity contribution is 0.0993. The molecule has 1 amide bonds. The van der Waals surface area contributed by atoms with Crippen LogP contribution in [0, 0.1) is 13.8 Å². The van der Waals surface area contributed by atoms with Crippen molar-refractivity contribution in [2.75, 3.05) is 5.32 Å². The van der Waals surface area contributed by atoms with Gasteiger partial charge < -0.3 is 9.73 Å². The van der Waals surface area contributed by atoms with Crippen LogP contribution in [-0.4, -0.2) is 20.7 Å². The number of anilines is 1. The number of aryl methyl sites for hydroxylation is 3. The largest absolute Gasteiger partial charge is 0.436 e. The van der Waals surface area contributed by atoms with E-state index in [1.165, 1.54) is 11.1 Å². The highest BCUT2D eigenvalue weighted by Gasteiger charge is 2.25. The van der Waals surface area contributed by atoms with Crippen LogP contribution >= 0.6 is 0 Å². The topological polar surface area (TPSA) is 73.0 Å². The number of carbonyl (C=O) groups excluding carboxylic acids is 1. The number of nitrogens with zero attached hydrogens (tertiary/aromatic N) is 3. The van der Waals surface area contributed by atoms with Crippen molar-refractivity contribution in [1.82, 2.24) is 14.8 Å². The number of hydrogen-bond acceptors (Lipinski definition) is 4. The Kier molecular flexibility index (Phi) is 3.87. The maximum absolute atomic E-state index is 12.5. The molecule has 0 saturated carbocycles. The summed E-state index contributed by atoms with van der Waals surface area (Å²) >= 11 is 0. The van der Waals surface area contributed by atoms with Gasteiger partial charge in [-0.05, 0) is 37.3 Å². The lowest BCUT2D eigenvalue weighted by Gasteiger charge is -2.27. The maximum Gasteiger partial charge on any atom is 0.294 e. The summed E-state index contributed by atoms with van der Waals surface area (Å²) in [6.45, 7) is 3.49. The molecule has 6 heteroatoms. The summed E-state index contributed by atoms with van der Waals surface area (Å²) in [5.74, 6) is 1.09. The number of benzene rings is 1. The van der Waals surface area contributed by atoms with Crippen LogP contribution in [-0.2, 0) is 6.42 Å². The van der Waals surface area contributed by atoms with Crippen molar-refractivity contribution in [3.63, 3.8) is 0 Å². The third-order valence-electron chi connectivity index (χ3n) is 4.65. The Labute approximate surface area is 145 Å². The van der Waals surface area contributed by atoms with Crippen LogP contribution < -0.4 is 5.32 Å². The first-order valence-electron chi connectivity index (χ1n) is 8.50. The number of oxazole rings is 1. The number of nitrogens with one attached hydrogen (secondary N) is 1. The van der Waals surface area contributed by atoms with E-state index in [1.54, 1.807) is 20.0 Å². The Morgan fingerprint density at radius 1 is 1.28 bits per heavy atom. The first-order valence-corrected chi connectivity index (χ1v) is 8.50. The molecule has 1 aliphatic rings. The van der Waals surface area contributed by atoms with Crippen LogP contribution in [0.4, 0.5) is 5.82 Å². The third kappa shape index (κ3) is 2.84. The van der Waals surface area contributed by atoms with Crippen LogP contribution in [0.5, 0.6) is 0 Å². The van der Waals surface area contributed by atoms with Gasteiger partial charge in [-0.1, -0.05) is 24.3 Å². The molecule has 2 aromatic heterocycles. The van der Waals surface area contributed by atoms with E-state index in [1.807, 2.05) is 10.7 Å². The normalized spacial score (nSPS) is 16.5. The van der Waals surface area contributed by atoms with Crippen LogP contribution in [0.2, 0.25) is 0 Å². The van der Waals surface area contributed by atoms with Gasteiger partial charge in [0.05, 0.1) is 17.9 Å². The van der Waals surface area contributed by atoms with Gasteiger partial charge in [-0.15, -0.1) is 0 Å². The van der Waals surface area contributed by atoms with Crippen molar-refractivity contribution in [2.24, 2.45) is 0 Å². The summed E-state index contributed by atoms with van der Waals surface area (Å²) in [6.07, 6.45) is 4.91. The van der Waals surface area contributed by atoms with Crippen molar-refractivity contribution < 1.29 is 9.21 Å². The number of carbonyl (C=O) groups is 1. The fourth-order valence-electron chi connectivity index (χ4n) is 3.56. The molecular formula is C19H20N4O2. The third-order valence-corrected chi connectivity index (χ3v) is 4.65. The minimum atomic E-state index is -0.302. The SMILES string of the molecule is Cc1nc(C)c(C(=O)Nc2ccnn2[C@H]2CCCc3ccccc32)o1. The molecule has 1 N–H and O–H groups in total. The van der Waals surface area contributed by atoms with Crippen molar-refractivity contribution >= 4 is 11.7 Å². The standard InChI is InChI=1S/C19H20N4O2/c1-12-18(25-13(2)21-12)19(24)22-17-10-11-20-23(17)16-9-5-7-14-6-3-4-8-15(14)16/h3-4,6,8,10-11,16H,5,7,9H2,1-2H3,(H,22,24)/t16-/m0/s1. The first-order chi connectivity index (χ1) is 12.1. The minimum Gasteiger partial charge on any atom is -0.436 e. The number of aromatic nitrogens is 3. The van der Waals surface area contributed by atoms with Crippen molar-refractivity contribution in [2.45, 2.75) is 39.2 Å². The number of fused-ring (bicyclic) bond motifs is 1. The van der Waals surface area contributed by atoms with Gasteiger partial charge in [-0.3, -0.25) is 4.79 Å². The van der Waals surface area contributed by atoms with E-state index < -0.39 is 0 Å². The van der Waals surface area contributed by atoms with Crippen molar-refractivity contribution in [3.8, 4) is 0 Å². The minimum absolute atomic E-state index is 0.132. The van der Waals surface area contributed by atoms with Crippen LogP contribution in [0.1, 0.15) is 52.1 Å². The van der Waals surface area contributed by atoms with Gasteiger partial charge in [0.1, 0.15) is 5.82 Å². The molecular weight excluding hydrogens is 316 g/mol. The fraction of sp³-hybridized carbons (Fsp3) is 0.316. The van der Waals surface area contributed by atoms with E-state index in [0.29, 0.717) is 17.4 Å². The molecule has 128 valence electrons. The van der Waals surface area contributed by atoms with Gasteiger partial charge in [0.15, 0.2) is 5.89 Å². The number of rotatable bonds is 3. The highest BCUT2D eigenvalue weighted by Crippen LogP contribution is 2.34. The second kappa shape index (κ2) is 6.20. The Morgan fingerprint density at radius 3 is 2.92 bits per heavy atom. The molecule has 1 aliphatic carbocycles. The highest BCUT2D eigenvalue weighted by atomic mass is 16.4. The van der Waals surface area contributed by atoms with Crippen LogP contribution in [0.15, 0.2) is 40.9 Å². The molecule has 1 atom stereocenters. The molecule has 4 rings (SSSR count). The van der Waals surface area contributed by atoms with Gasteiger partial charge >= 0.3 is 0 Å². The fourth-order valence-corrected chi connectivity index (χ4v) is 3.56. The Morgan fingerprint density at radius 2 is 2.12 bits per heavy atom. The zero-order valence-electron chi connectivity index (χ0n) is 14.3. The van der Waals surface area contributed by atoms with Gasteiger partial charge in [0.25, 0.3) is 5.91 Å². The predicted molar refractivity (Wildman–Crippen MR) is 93.7 cm³/mol. The molecule has 0 fully saturated rings. The van der Waals surface area contributed by atoms with Gasteiger partial charge in [0, 0.05) is 13.0 Å². The van der Waals surface area contributed by atoms with E-state index in [-0.39, 0.29) is 17.7 Å². The van der Waals surface area contributed by atoms with Gasteiger partial charge in [0.2, 0.25) is 5.76 Å². The lowest BCUT2D eigenvalue weighted by atomic mass is 9.88. The number of hydrogen-bond donors (Lipinski definition) is 1. The van der Waals surface area contributed by atoms with Gasteiger partial charge in [-0.2, -0.15) is 5.10 Å². The van der Waals surface area contributed by atoms with E-state index >= 15 is 0 Å². The smallest absolute Gasteiger partial charge is 0.294 e. The molecule has 25 heavy (non-hydrogen) atoms. The molecule has 3 aromatic rings. The van der Waals surface area contributed by atoms with E-state index in [0.717, 1.165) is 19.3 Å². The summed E-state index contributed by atoms with van der Waals surface area (Å²) in [4.78, 5) is 16.7. The zero-order chi connectivity index (χ0) is 17.4. The molecule has 0 aliphatic heterocycles. The molecule has 0 spiro atoms. The second-order valence-electron chi connectivity index (χ2n) is 6.37. The molecule has 1 aromatic carbocycles. The predicted octanol–water partition coefficient (Wildman–Crippen LogP) is 3.67. The Balaban J connectivity index is 1.64. The first kappa shape index (κ1) is 15.6. The molecule has 0 saturated heterocycles. The lowest BCUT2D eigenvalue weighted by Crippen LogP contribution is -2.22. The quantitative estimate of drug-likeness (QED) is 0.792. The Hall–Kier alpha value is -2.89. The zero-order valence-corrected chi connectivity index (χ0v) is 14.3. The molecule has 6 nitrogen and oxygen atoms in total. The Bertz CT molecular complexity index is 925. The van der Waals surface area contributed by atoms with Crippen molar-refractivity contribution in [3.05, 3.63) is 65.0 Å². The average molecular weight is 336 g/mol. The van der Waals surface area contributed by atoms with Crippen molar-refractivity contribution in [1.29, 1.82) is 0 Å². The monoisotopic (exact) mass is 336 g/mol. The molecule has 0 unspecified atom stereocenters. The summed E-state index contributed by atoms with van der Waals surface area (Å²) in [7, 11) is 0. The van der Waals surface area contributed by atoms with E-state index in [2.05, 4.69) is 39.7 Å². The average Bonchev–Trinajstić information content (AvgIpc) is 3.20. The van der Waals surface area contributed by atoms with Gasteiger partial charge in [-0.25, -0.2) is 9.67 Å². The van der Waals surface area contributed by atoms with Crippen LogP contribution in [0.25, 0.3) is 0 Å².